The Balaban J connectivity index is 1.36. The Kier molecular flexibility index (Phi) is 10.9. The molecule has 6 nitrogen and oxygen atoms in total. The van der Waals surface area contributed by atoms with Crippen molar-refractivity contribution in [3.05, 3.63) is 59.7 Å². The zero-order valence-electron chi connectivity index (χ0n) is 21.7. The van der Waals surface area contributed by atoms with Crippen LogP contribution in [-0.4, -0.2) is 41.7 Å². The molecule has 0 aromatic heterocycles. The van der Waals surface area contributed by atoms with Crippen LogP contribution < -0.4 is 25.4 Å². The van der Waals surface area contributed by atoms with Crippen LogP contribution in [0, 0.1) is 5.92 Å². The first kappa shape index (κ1) is 27.7. The van der Waals surface area contributed by atoms with E-state index in [4.69, 9.17) is 21.7 Å². The van der Waals surface area contributed by atoms with Crippen LogP contribution in [0.15, 0.2) is 48.5 Å². The molecule has 0 unspecified atom stereocenters. The molecule has 3 N–H and O–H groups in total. The van der Waals surface area contributed by atoms with Crippen LogP contribution in [-0.2, 0) is 17.9 Å². The molecule has 2 aromatic rings. The average Bonchev–Trinajstić information content (AvgIpc) is 3.49. The van der Waals surface area contributed by atoms with Gasteiger partial charge in [0, 0.05) is 18.2 Å². The van der Waals surface area contributed by atoms with E-state index in [1.165, 1.54) is 32.1 Å². The van der Waals surface area contributed by atoms with Crippen LogP contribution in [0.4, 0.5) is 0 Å². The van der Waals surface area contributed by atoms with Gasteiger partial charge in [0.1, 0.15) is 6.61 Å². The highest BCUT2D eigenvalue weighted by Crippen LogP contribution is 2.30. The fraction of sp³-hybridized carbons (Fsp3) is 0.517. The third-order valence-corrected chi connectivity index (χ3v) is 8.55. The topological polar surface area (TPSA) is 71.6 Å². The maximum Gasteiger partial charge on any atom is 0.238 e. The number of amides is 1. The predicted molar refractivity (Wildman–Crippen MR) is 155 cm³/mol. The number of hydrogen-bond acceptors (Lipinski definition) is 6. The fourth-order valence-electron chi connectivity index (χ4n) is 4.97. The highest BCUT2D eigenvalue weighted by atomic mass is 32.2. The Labute approximate surface area is 230 Å². The Hall–Kier alpha value is -2.29. The van der Waals surface area contributed by atoms with Crippen molar-refractivity contribution in [2.24, 2.45) is 5.92 Å². The summed E-state index contributed by atoms with van der Waals surface area (Å²) >= 11 is 7.58. The van der Waals surface area contributed by atoms with Gasteiger partial charge < -0.3 is 20.1 Å². The van der Waals surface area contributed by atoms with Gasteiger partial charge in [0.25, 0.3) is 0 Å². The van der Waals surface area contributed by atoms with Crippen LogP contribution in [0.5, 0.6) is 11.5 Å². The summed E-state index contributed by atoms with van der Waals surface area (Å²) in [4.78, 5) is 13.6. The number of thioether (sulfide) groups is 1. The number of nitrogens with one attached hydrogen (secondary N) is 3. The highest BCUT2D eigenvalue weighted by molar-refractivity contribution is 7.99. The zero-order valence-corrected chi connectivity index (χ0v) is 23.3. The van der Waals surface area contributed by atoms with Crippen molar-refractivity contribution in [1.29, 1.82) is 0 Å². The van der Waals surface area contributed by atoms with Gasteiger partial charge in [0.05, 0.1) is 24.2 Å². The monoisotopic (exact) mass is 541 g/mol. The Bertz CT molecular complexity index is 1010. The van der Waals surface area contributed by atoms with Gasteiger partial charge in [-0.2, -0.15) is 0 Å². The summed E-state index contributed by atoms with van der Waals surface area (Å²) in [5, 5.41) is 9.92. The van der Waals surface area contributed by atoms with Crippen molar-refractivity contribution in [2.45, 2.75) is 70.2 Å². The molecule has 4 rings (SSSR count). The standard InChI is InChI=1S/C29H39N3O3S2/c1-34-26-15-13-23(16-27(26)35-18-22-10-6-3-7-11-22)17-30-29(36)24(14-12-21-8-4-2-5-9-21)32-28(33)25-19-37-20-31-25/h3,6-7,10-11,13,15-16,21,24-25,31H,2,4-5,8-9,12,14,17-20H2,1H3,(H,30,36)(H,32,33)/t24-,25+/m1/s1. The molecule has 37 heavy (non-hydrogen) atoms. The van der Waals surface area contributed by atoms with Gasteiger partial charge in [0.2, 0.25) is 5.91 Å². The molecule has 1 saturated carbocycles. The van der Waals surface area contributed by atoms with Gasteiger partial charge in [0.15, 0.2) is 11.5 Å². The summed E-state index contributed by atoms with van der Waals surface area (Å²) in [6.45, 7) is 1.02. The summed E-state index contributed by atoms with van der Waals surface area (Å²) in [6, 6.07) is 15.7. The number of carbonyl (C=O) groups is 1. The minimum Gasteiger partial charge on any atom is -0.493 e. The molecule has 0 bridgehead atoms. The highest BCUT2D eigenvalue weighted by Gasteiger charge is 2.27. The summed E-state index contributed by atoms with van der Waals surface area (Å²) in [7, 11) is 1.65. The molecule has 200 valence electrons. The normalized spacial score (nSPS) is 18.7. The number of hydrogen-bond donors (Lipinski definition) is 3. The molecule has 1 heterocycles. The lowest BCUT2D eigenvalue weighted by Gasteiger charge is -2.26. The molecule has 2 atom stereocenters. The summed E-state index contributed by atoms with van der Waals surface area (Å²) in [6.07, 6.45) is 8.54. The largest absolute Gasteiger partial charge is 0.493 e. The third-order valence-electron chi connectivity index (χ3n) is 7.19. The van der Waals surface area contributed by atoms with Gasteiger partial charge in [-0.3, -0.25) is 10.1 Å². The molecular formula is C29H39N3O3S2. The van der Waals surface area contributed by atoms with E-state index in [9.17, 15) is 4.79 Å². The molecule has 0 spiro atoms. The smallest absolute Gasteiger partial charge is 0.238 e. The molecule has 1 aliphatic heterocycles. The lowest BCUT2D eigenvalue weighted by molar-refractivity contribution is -0.122. The maximum absolute atomic E-state index is 12.9. The first-order chi connectivity index (χ1) is 18.1. The van der Waals surface area contributed by atoms with Crippen LogP contribution in [0.25, 0.3) is 0 Å². The van der Waals surface area contributed by atoms with E-state index in [2.05, 4.69) is 16.0 Å². The second-order valence-electron chi connectivity index (χ2n) is 9.89. The summed E-state index contributed by atoms with van der Waals surface area (Å²) < 4.78 is 11.6. The molecule has 8 heteroatoms. The van der Waals surface area contributed by atoms with Crippen LogP contribution in [0.1, 0.15) is 56.1 Å². The molecule has 1 amide bonds. The predicted octanol–water partition coefficient (Wildman–Crippen LogP) is 5.20. The zero-order chi connectivity index (χ0) is 25.9. The van der Waals surface area contributed by atoms with Crippen molar-refractivity contribution < 1.29 is 14.3 Å². The van der Waals surface area contributed by atoms with Crippen LogP contribution in [0.2, 0.25) is 0 Å². The Morgan fingerprint density at radius 3 is 2.65 bits per heavy atom. The van der Waals surface area contributed by atoms with E-state index >= 15 is 0 Å². The van der Waals surface area contributed by atoms with Crippen LogP contribution in [0.3, 0.4) is 0 Å². The number of carbonyl (C=O) groups excluding carboxylic acids is 1. The van der Waals surface area contributed by atoms with Crippen molar-refractivity contribution in [3.63, 3.8) is 0 Å². The first-order valence-corrected chi connectivity index (χ1v) is 14.9. The van der Waals surface area contributed by atoms with Gasteiger partial charge in [-0.25, -0.2) is 0 Å². The second kappa shape index (κ2) is 14.6. The number of thiocarbonyl (C=S) groups is 1. The van der Waals surface area contributed by atoms with Crippen molar-refractivity contribution in [1.82, 2.24) is 16.0 Å². The Morgan fingerprint density at radius 2 is 1.92 bits per heavy atom. The molecule has 2 aromatic carbocycles. The first-order valence-electron chi connectivity index (χ1n) is 13.3. The lowest BCUT2D eigenvalue weighted by atomic mass is 9.85. The maximum atomic E-state index is 12.9. The minimum absolute atomic E-state index is 0.0452. The van der Waals surface area contributed by atoms with Crippen molar-refractivity contribution in [2.75, 3.05) is 18.7 Å². The number of ether oxygens (including phenoxy) is 2. The molecule has 2 fully saturated rings. The number of benzene rings is 2. The SMILES string of the molecule is COc1ccc(CNC(=S)[C@@H](CCC2CCCCC2)NC(=O)[C@@H]2CSCN2)cc1OCc1ccccc1. The molecule has 2 aliphatic rings. The minimum atomic E-state index is -0.163. The third kappa shape index (κ3) is 8.62. The lowest BCUT2D eigenvalue weighted by Crippen LogP contribution is -2.51. The van der Waals surface area contributed by atoms with Crippen LogP contribution >= 0.6 is 24.0 Å². The van der Waals surface area contributed by atoms with E-state index < -0.39 is 0 Å². The molecule has 1 aliphatic carbocycles. The summed E-state index contributed by atoms with van der Waals surface area (Å²) in [5.41, 5.74) is 2.14. The fourth-order valence-corrected chi connectivity index (χ4v) is 6.17. The van der Waals surface area contributed by atoms with Gasteiger partial charge in [-0.1, -0.05) is 80.7 Å². The van der Waals surface area contributed by atoms with Crippen molar-refractivity contribution >= 4 is 34.9 Å². The van der Waals surface area contributed by atoms with E-state index in [0.717, 1.165) is 41.5 Å². The van der Waals surface area contributed by atoms with E-state index in [-0.39, 0.29) is 18.0 Å². The molecule has 0 radical (unpaired) electrons. The Morgan fingerprint density at radius 1 is 1.11 bits per heavy atom. The number of methoxy groups -OCH3 is 1. The van der Waals surface area contributed by atoms with E-state index in [0.29, 0.717) is 29.6 Å². The van der Waals surface area contributed by atoms with Gasteiger partial charge >= 0.3 is 0 Å². The second-order valence-corrected chi connectivity index (χ2v) is 11.4. The van der Waals surface area contributed by atoms with Gasteiger partial charge in [-0.05, 0) is 42.0 Å². The number of rotatable bonds is 12. The van der Waals surface area contributed by atoms with Gasteiger partial charge in [-0.15, -0.1) is 11.8 Å². The van der Waals surface area contributed by atoms with E-state index in [1.807, 2.05) is 48.5 Å². The van der Waals surface area contributed by atoms with Crippen molar-refractivity contribution in [3.8, 4) is 11.5 Å². The summed E-state index contributed by atoms with van der Waals surface area (Å²) in [5.74, 6) is 3.80. The quantitative estimate of drug-likeness (QED) is 0.319. The molecule has 1 saturated heterocycles. The van der Waals surface area contributed by atoms with E-state index in [1.54, 1.807) is 18.9 Å². The molecular weight excluding hydrogens is 502 g/mol. The average molecular weight is 542 g/mol.